The van der Waals surface area contributed by atoms with E-state index >= 15 is 0 Å². The maximum atomic E-state index is 9.44. The number of hydrogen-bond acceptors (Lipinski definition) is 3. The molecule has 1 N–H and O–H groups in total. The van der Waals surface area contributed by atoms with Gasteiger partial charge in [-0.2, -0.15) is 5.26 Å². The highest BCUT2D eigenvalue weighted by molar-refractivity contribution is 5.78. The Morgan fingerprint density at radius 1 is 1.53 bits per heavy atom. The maximum absolute atomic E-state index is 9.44. The first-order valence-electron chi connectivity index (χ1n) is 6.78. The second kappa shape index (κ2) is 4.67. The van der Waals surface area contributed by atoms with Crippen molar-refractivity contribution in [2.45, 2.75) is 44.8 Å². The molecule has 1 atom stereocenters. The first-order valence-corrected chi connectivity index (χ1v) is 6.78. The van der Waals surface area contributed by atoms with Crippen LogP contribution in [0, 0.1) is 11.3 Å². The fourth-order valence-electron chi connectivity index (χ4n) is 2.47. The minimum absolute atomic E-state index is 0.304. The van der Waals surface area contributed by atoms with Crippen LogP contribution in [0.5, 0.6) is 0 Å². The summed E-state index contributed by atoms with van der Waals surface area (Å²) in [5.41, 5.74) is 2.66. The van der Waals surface area contributed by atoms with Gasteiger partial charge in [0.1, 0.15) is 5.82 Å². The third-order valence-corrected chi connectivity index (χ3v) is 3.59. The zero-order chi connectivity index (χ0) is 13.4. The van der Waals surface area contributed by atoms with Gasteiger partial charge in [0.25, 0.3) is 0 Å². The van der Waals surface area contributed by atoms with Crippen LogP contribution in [0.3, 0.4) is 0 Å². The number of hydrogen-bond donors (Lipinski definition) is 1. The average molecular weight is 255 g/mol. The zero-order valence-corrected chi connectivity index (χ0v) is 11.0. The normalized spacial score (nSPS) is 16.5. The van der Waals surface area contributed by atoms with Crippen LogP contribution in [0.4, 0.5) is 0 Å². The van der Waals surface area contributed by atoms with Gasteiger partial charge >= 0.3 is 0 Å². The van der Waals surface area contributed by atoms with Crippen molar-refractivity contribution < 1.29 is 5.11 Å². The number of aliphatic hydroxyl groups excluding tert-OH is 1. The van der Waals surface area contributed by atoms with Gasteiger partial charge in [-0.1, -0.05) is 0 Å². The van der Waals surface area contributed by atoms with E-state index in [1.54, 1.807) is 6.92 Å². The van der Waals surface area contributed by atoms with E-state index < -0.39 is 0 Å². The lowest BCUT2D eigenvalue weighted by Gasteiger charge is -2.08. The number of nitriles is 1. The second-order valence-corrected chi connectivity index (χ2v) is 5.33. The smallest absolute Gasteiger partial charge is 0.110 e. The minimum Gasteiger partial charge on any atom is -0.393 e. The summed E-state index contributed by atoms with van der Waals surface area (Å²) >= 11 is 0. The number of imidazole rings is 1. The molecule has 0 amide bonds. The summed E-state index contributed by atoms with van der Waals surface area (Å²) in [5, 5.41) is 18.4. The summed E-state index contributed by atoms with van der Waals surface area (Å²) in [6.07, 6.45) is 3.61. The molecule has 4 heteroatoms. The molecule has 0 radical (unpaired) electrons. The highest BCUT2D eigenvalue weighted by atomic mass is 16.3. The van der Waals surface area contributed by atoms with E-state index in [0.29, 0.717) is 11.6 Å². The van der Waals surface area contributed by atoms with Crippen LogP contribution in [0.2, 0.25) is 0 Å². The Kier molecular flexibility index (Phi) is 3.00. The van der Waals surface area contributed by atoms with Crippen molar-refractivity contribution >= 4 is 11.0 Å². The Hall–Kier alpha value is -1.86. The van der Waals surface area contributed by atoms with Crippen molar-refractivity contribution in [1.29, 1.82) is 5.26 Å². The summed E-state index contributed by atoms with van der Waals surface area (Å²) < 4.78 is 2.29. The molecule has 0 saturated heterocycles. The topological polar surface area (TPSA) is 61.8 Å². The van der Waals surface area contributed by atoms with Crippen molar-refractivity contribution in [2.75, 3.05) is 0 Å². The molecule has 3 rings (SSSR count). The van der Waals surface area contributed by atoms with Gasteiger partial charge in [-0.15, -0.1) is 0 Å². The first-order chi connectivity index (χ1) is 9.19. The summed E-state index contributed by atoms with van der Waals surface area (Å²) in [5.74, 6) is 1.04. The molecule has 0 bridgehead atoms. The minimum atomic E-state index is -0.304. The number of benzene rings is 1. The molecule has 1 saturated carbocycles. The highest BCUT2D eigenvalue weighted by Crippen LogP contribution is 2.39. The molecule has 19 heavy (non-hydrogen) atoms. The van der Waals surface area contributed by atoms with E-state index in [0.717, 1.165) is 29.7 Å². The van der Waals surface area contributed by atoms with Crippen LogP contribution in [0.15, 0.2) is 18.2 Å². The Morgan fingerprint density at radius 2 is 2.32 bits per heavy atom. The van der Waals surface area contributed by atoms with Crippen molar-refractivity contribution in [3.8, 4) is 6.07 Å². The number of aromatic nitrogens is 2. The molecule has 1 aliphatic rings. The maximum Gasteiger partial charge on any atom is 0.110 e. The number of nitrogens with zero attached hydrogens (tertiary/aromatic N) is 3. The van der Waals surface area contributed by atoms with Crippen LogP contribution in [0.25, 0.3) is 11.0 Å². The van der Waals surface area contributed by atoms with E-state index in [1.807, 2.05) is 18.2 Å². The van der Waals surface area contributed by atoms with Gasteiger partial charge in [-0.25, -0.2) is 4.98 Å². The summed E-state index contributed by atoms with van der Waals surface area (Å²) in [6.45, 7) is 1.80. The lowest BCUT2D eigenvalue weighted by molar-refractivity contribution is 0.183. The zero-order valence-electron chi connectivity index (χ0n) is 11.0. The summed E-state index contributed by atoms with van der Waals surface area (Å²) in [6, 6.07) is 8.40. The number of fused-ring (bicyclic) bond motifs is 1. The predicted octanol–water partition coefficient (Wildman–Crippen LogP) is 2.56. The number of rotatable bonds is 4. The fourth-order valence-corrected chi connectivity index (χ4v) is 2.47. The Balaban J connectivity index is 2.04. The molecule has 0 aliphatic heterocycles. The van der Waals surface area contributed by atoms with Crippen LogP contribution < -0.4 is 0 Å². The van der Waals surface area contributed by atoms with E-state index in [9.17, 15) is 5.11 Å². The van der Waals surface area contributed by atoms with Crippen LogP contribution >= 0.6 is 0 Å². The molecule has 98 valence electrons. The summed E-state index contributed by atoms with van der Waals surface area (Å²) in [4.78, 5) is 4.66. The van der Waals surface area contributed by atoms with E-state index in [1.165, 1.54) is 12.8 Å². The Morgan fingerprint density at radius 3 is 2.95 bits per heavy atom. The van der Waals surface area contributed by atoms with Crippen molar-refractivity contribution in [1.82, 2.24) is 9.55 Å². The lowest BCUT2D eigenvalue weighted by Crippen LogP contribution is -2.07. The lowest BCUT2D eigenvalue weighted by atomic mass is 10.2. The third kappa shape index (κ3) is 2.34. The molecular weight excluding hydrogens is 238 g/mol. The molecule has 4 nitrogen and oxygen atoms in total. The molecular formula is C15H17N3O. The second-order valence-electron chi connectivity index (χ2n) is 5.33. The Labute approximate surface area is 112 Å². The largest absolute Gasteiger partial charge is 0.393 e. The quantitative estimate of drug-likeness (QED) is 0.913. The molecule has 1 aliphatic carbocycles. The van der Waals surface area contributed by atoms with Crippen LogP contribution in [-0.4, -0.2) is 20.8 Å². The van der Waals surface area contributed by atoms with Crippen LogP contribution in [0.1, 0.15) is 43.6 Å². The predicted molar refractivity (Wildman–Crippen MR) is 72.7 cm³/mol. The van der Waals surface area contributed by atoms with Gasteiger partial charge < -0.3 is 9.67 Å². The molecule has 1 fully saturated rings. The van der Waals surface area contributed by atoms with Crippen LogP contribution in [-0.2, 0) is 6.42 Å². The van der Waals surface area contributed by atoms with Crippen molar-refractivity contribution in [2.24, 2.45) is 0 Å². The average Bonchev–Trinajstić information content (AvgIpc) is 3.16. The summed E-state index contributed by atoms with van der Waals surface area (Å²) in [7, 11) is 0. The molecule has 1 unspecified atom stereocenters. The molecule has 1 aromatic carbocycles. The monoisotopic (exact) mass is 255 g/mol. The first kappa shape index (κ1) is 12.2. The van der Waals surface area contributed by atoms with Gasteiger partial charge in [-0.05, 0) is 44.4 Å². The SMILES string of the molecule is CC(O)CCc1nc2cc(C#N)ccc2n1C1CC1. The van der Waals surface area contributed by atoms with Crippen molar-refractivity contribution in [3.63, 3.8) is 0 Å². The van der Waals surface area contributed by atoms with E-state index in [2.05, 4.69) is 15.6 Å². The standard InChI is InChI=1S/C15H17N3O/c1-10(19)2-7-15-17-13-8-11(9-16)3-6-14(13)18(15)12-4-5-12/h3,6,8,10,12,19H,2,4-5,7H2,1H3. The number of aliphatic hydroxyl groups is 1. The van der Waals surface area contributed by atoms with Gasteiger partial charge in [0.15, 0.2) is 0 Å². The van der Waals surface area contributed by atoms with Gasteiger partial charge in [0.05, 0.1) is 28.8 Å². The van der Waals surface area contributed by atoms with E-state index in [-0.39, 0.29) is 6.10 Å². The van der Waals surface area contributed by atoms with Crippen molar-refractivity contribution in [3.05, 3.63) is 29.6 Å². The fraction of sp³-hybridized carbons (Fsp3) is 0.467. The molecule has 1 heterocycles. The van der Waals surface area contributed by atoms with Gasteiger partial charge in [0, 0.05) is 12.5 Å². The highest BCUT2D eigenvalue weighted by Gasteiger charge is 2.28. The molecule has 2 aromatic rings. The van der Waals surface area contributed by atoms with E-state index in [4.69, 9.17) is 5.26 Å². The van der Waals surface area contributed by atoms with Gasteiger partial charge in [0.2, 0.25) is 0 Å². The molecule has 0 spiro atoms. The molecule has 1 aromatic heterocycles. The Bertz CT molecular complexity index is 647. The third-order valence-electron chi connectivity index (χ3n) is 3.59. The van der Waals surface area contributed by atoms with Gasteiger partial charge in [-0.3, -0.25) is 0 Å². The number of aryl methyl sites for hydroxylation is 1.